The van der Waals surface area contributed by atoms with E-state index in [2.05, 4.69) is 99.2 Å². The van der Waals surface area contributed by atoms with Gasteiger partial charge in [0.2, 0.25) is 0 Å². The average molecular weight is 808 g/mol. The Kier molecular flexibility index (Phi) is 10.8. The van der Waals surface area contributed by atoms with Crippen LogP contribution in [0.5, 0.6) is 0 Å². The van der Waals surface area contributed by atoms with Gasteiger partial charge in [-0.3, -0.25) is 0 Å². The molecule has 0 amide bonds. The van der Waals surface area contributed by atoms with Gasteiger partial charge in [-0.15, -0.1) is 0 Å². The van der Waals surface area contributed by atoms with Crippen molar-refractivity contribution in [3.05, 3.63) is 85.9 Å². The first-order chi connectivity index (χ1) is 23.6. The zero-order chi connectivity index (χ0) is 34.5. The number of halogens is 2. The molecule has 49 heavy (non-hydrogen) atoms. The number of fused-ring (bicyclic) bond motifs is 1. The zero-order valence-electron chi connectivity index (χ0n) is 31.0. The van der Waals surface area contributed by atoms with E-state index < -0.39 is 17.5 Å². The molecule has 0 saturated heterocycles. The van der Waals surface area contributed by atoms with Gasteiger partial charge in [-0.05, 0) is 0 Å². The SMILES string of the molecule is Cc1cc(C)c(-n2[c](=[Ru]([Cl])([Cl])[PH](C3CCCCC3)(C3CCCCC3)C3CCCCC3)n(-c3c(C)cc(C)cc3C)c3ccccc32)c(C)c1. The van der Waals surface area contributed by atoms with E-state index in [9.17, 15) is 0 Å². The molecule has 4 aromatic rings. The van der Waals surface area contributed by atoms with Gasteiger partial charge in [0.15, 0.2) is 0 Å². The number of imidazole rings is 1. The number of rotatable bonds is 6. The molecule has 7 rings (SSSR count). The Morgan fingerprint density at radius 2 is 0.816 bits per heavy atom. The third-order valence-corrected chi connectivity index (χ3v) is 43.3. The average Bonchev–Trinajstić information content (AvgIpc) is 3.41. The van der Waals surface area contributed by atoms with Gasteiger partial charge in [0, 0.05) is 0 Å². The van der Waals surface area contributed by atoms with Crippen LogP contribution in [0, 0.1) is 45.6 Å². The van der Waals surface area contributed by atoms with E-state index in [1.807, 2.05) is 0 Å². The number of para-hydroxylation sites is 2. The summed E-state index contributed by atoms with van der Waals surface area (Å²) >= 11 is -3.78. The number of nitrogens with zero attached hydrogens (tertiary/aromatic N) is 2. The van der Waals surface area contributed by atoms with Crippen LogP contribution in [-0.4, -0.2) is 26.1 Å². The molecule has 1 aromatic heterocycles. The summed E-state index contributed by atoms with van der Waals surface area (Å²) in [6.45, 7) is 13.7. The fourth-order valence-electron chi connectivity index (χ4n) is 11.1. The predicted molar refractivity (Wildman–Crippen MR) is 215 cm³/mol. The van der Waals surface area contributed by atoms with Crippen LogP contribution >= 0.6 is 25.0 Å². The van der Waals surface area contributed by atoms with Gasteiger partial charge in [-0.1, -0.05) is 0 Å². The minimum atomic E-state index is -3.78. The summed E-state index contributed by atoms with van der Waals surface area (Å²) in [7, 11) is 18.0. The van der Waals surface area contributed by atoms with Crippen molar-refractivity contribution in [3.8, 4) is 11.4 Å². The summed E-state index contributed by atoms with van der Waals surface area (Å²) in [5.41, 5.74) is 12.8. The molecule has 3 saturated carbocycles. The van der Waals surface area contributed by atoms with Gasteiger partial charge < -0.3 is 0 Å². The fourth-order valence-corrected chi connectivity index (χ4v) is 48.6. The van der Waals surface area contributed by atoms with E-state index in [-0.39, 0.29) is 0 Å². The second-order valence-corrected chi connectivity index (χ2v) is 38.8. The number of aryl methyl sites for hydroxylation is 6. The Labute approximate surface area is 307 Å². The molecule has 0 N–H and O–H groups in total. The zero-order valence-corrected chi connectivity index (χ0v) is 35.2. The molecule has 0 atom stereocenters. The summed E-state index contributed by atoms with van der Waals surface area (Å²) in [4.78, 5) is 0. The van der Waals surface area contributed by atoms with Crippen molar-refractivity contribution in [1.29, 1.82) is 0 Å². The number of benzene rings is 3. The molecule has 6 heteroatoms. The summed E-state index contributed by atoms with van der Waals surface area (Å²) in [5, 5.41) is 0. The van der Waals surface area contributed by atoms with Crippen molar-refractivity contribution in [2.45, 2.75) is 155 Å². The van der Waals surface area contributed by atoms with Gasteiger partial charge in [-0.25, -0.2) is 0 Å². The van der Waals surface area contributed by atoms with Crippen LogP contribution < -0.4 is 0 Å². The quantitative estimate of drug-likeness (QED) is 0.136. The maximum atomic E-state index is 8.99. The van der Waals surface area contributed by atoms with E-state index in [4.69, 9.17) is 19.4 Å². The molecule has 2 nitrogen and oxygen atoms in total. The predicted octanol–water partition coefficient (Wildman–Crippen LogP) is 13.9. The van der Waals surface area contributed by atoms with Gasteiger partial charge in [0.25, 0.3) is 0 Å². The molecular weight excluding hydrogens is 747 g/mol. The van der Waals surface area contributed by atoms with Crippen LogP contribution in [0.15, 0.2) is 48.5 Å². The van der Waals surface area contributed by atoms with Crippen LogP contribution in [0.1, 0.15) is 130 Å². The van der Waals surface area contributed by atoms with Crippen LogP contribution in [-0.2, 0) is 11.9 Å². The minimum absolute atomic E-state index is 0.731. The van der Waals surface area contributed by atoms with Crippen molar-refractivity contribution in [2.24, 2.45) is 0 Å². The Bertz CT molecular complexity index is 1740. The Balaban J connectivity index is 1.76. The molecule has 3 aromatic carbocycles. The first-order valence-corrected chi connectivity index (χ1v) is 29.5. The van der Waals surface area contributed by atoms with Crippen LogP contribution in [0.3, 0.4) is 0 Å². The molecule has 3 aliphatic carbocycles. The van der Waals surface area contributed by atoms with Crippen LogP contribution in [0.25, 0.3) is 22.4 Å². The first-order valence-electron chi connectivity index (χ1n) is 19.4. The second kappa shape index (κ2) is 14.6. The molecule has 3 aliphatic rings. The topological polar surface area (TPSA) is 9.86 Å². The van der Waals surface area contributed by atoms with E-state index in [1.165, 1.54) is 156 Å². The number of hydrogen-bond acceptors (Lipinski definition) is 0. The van der Waals surface area contributed by atoms with Gasteiger partial charge in [0.1, 0.15) is 0 Å². The van der Waals surface area contributed by atoms with Crippen molar-refractivity contribution in [3.63, 3.8) is 0 Å². The van der Waals surface area contributed by atoms with Crippen molar-refractivity contribution < 1.29 is 11.9 Å². The van der Waals surface area contributed by atoms with Crippen molar-refractivity contribution in [1.82, 2.24) is 9.13 Å². The third-order valence-electron chi connectivity index (χ3n) is 12.7. The number of aromatic nitrogens is 2. The molecule has 269 valence electrons. The van der Waals surface area contributed by atoms with Gasteiger partial charge >= 0.3 is 309 Å². The third kappa shape index (κ3) is 6.22. The molecule has 3 fully saturated rings. The van der Waals surface area contributed by atoms with E-state index in [1.54, 1.807) is 0 Å². The molecule has 0 bridgehead atoms. The normalized spacial score (nSPS) is 19.8. The van der Waals surface area contributed by atoms with Crippen molar-refractivity contribution >= 4 is 36.0 Å². The van der Waals surface area contributed by atoms with Crippen LogP contribution in [0.2, 0.25) is 0 Å². The van der Waals surface area contributed by atoms with E-state index in [0.717, 1.165) is 17.0 Å². The first kappa shape index (κ1) is 36.1. The fraction of sp³-hybridized carbons (Fsp3) is 0.558. The summed E-state index contributed by atoms with van der Waals surface area (Å²) in [5.74, 6) is 0. The van der Waals surface area contributed by atoms with Crippen molar-refractivity contribution in [2.75, 3.05) is 0 Å². The van der Waals surface area contributed by atoms with Gasteiger partial charge in [0.05, 0.1) is 0 Å². The van der Waals surface area contributed by atoms with Gasteiger partial charge in [-0.2, -0.15) is 0 Å². The van der Waals surface area contributed by atoms with Crippen LogP contribution in [0.4, 0.5) is 0 Å². The molecule has 0 spiro atoms. The summed E-state index contributed by atoms with van der Waals surface area (Å²) in [6, 6.07) is 18.6. The number of hydrogen-bond donors (Lipinski definition) is 0. The second-order valence-electron chi connectivity index (χ2n) is 16.1. The van der Waals surface area contributed by atoms with E-state index in [0.29, 0.717) is 0 Å². The standard InChI is InChI=1S/C25H26N2.C18H33P.2ClH.Ru/c1-16-11-18(3)24(19(4)12-16)26-15-27(23-10-8-7-9-22(23)26)25-20(5)13-17(2)14-21(25)6;1-4-10-16(11-5-1)19(17-12-6-2-7-13-17)18-14-8-3-9-15-18;;;/h7-14H,1-6H3;16-18H,1-15H2;2*1H;/q;;;;+1/p-1. The molecule has 0 unspecified atom stereocenters. The van der Waals surface area contributed by atoms with E-state index >= 15 is 0 Å². The molecule has 0 radical (unpaired) electrons. The Morgan fingerprint density at radius 3 is 1.12 bits per heavy atom. The monoisotopic (exact) mass is 807 g/mol. The maximum absolute atomic E-state index is 8.99. The Hall–Kier alpha value is -1.24. The summed E-state index contributed by atoms with van der Waals surface area (Å²) in [6.07, 6.45) is 20.4. The molecule has 1 heterocycles. The summed E-state index contributed by atoms with van der Waals surface area (Å²) < 4.78 is 6.60. The Morgan fingerprint density at radius 1 is 0.510 bits per heavy atom. The molecular formula is C43H60Cl2N2PRu. The molecule has 0 aliphatic heterocycles.